The molecule has 6 nitrogen and oxygen atoms in total. The number of hydrogen-bond donors (Lipinski definition) is 0. The molecule has 1 amide bonds. The lowest BCUT2D eigenvalue weighted by molar-refractivity contribution is -0.139. The Hall–Kier alpha value is -1.43. The Balaban J connectivity index is 1.61. The quantitative estimate of drug-likeness (QED) is 0.791. The van der Waals surface area contributed by atoms with E-state index in [-0.39, 0.29) is 5.41 Å². The summed E-state index contributed by atoms with van der Waals surface area (Å²) in [6, 6.07) is 0. The van der Waals surface area contributed by atoms with Gasteiger partial charge < -0.3 is 9.42 Å². The Bertz CT molecular complexity index is 586. The van der Waals surface area contributed by atoms with Gasteiger partial charge in [-0.1, -0.05) is 25.9 Å². The summed E-state index contributed by atoms with van der Waals surface area (Å²) in [5.74, 6) is 2.48. The van der Waals surface area contributed by atoms with Crippen molar-refractivity contribution >= 4 is 5.91 Å². The third kappa shape index (κ3) is 4.60. The minimum Gasteiger partial charge on any atom is -0.342 e. The van der Waals surface area contributed by atoms with Gasteiger partial charge in [0, 0.05) is 37.9 Å². The molecule has 2 aliphatic rings. The smallest absolute Gasteiger partial charge is 0.226 e. The first-order valence-corrected chi connectivity index (χ1v) is 9.81. The van der Waals surface area contributed by atoms with E-state index in [2.05, 4.69) is 33.8 Å². The maximum Gasteiger partial charge on any atom is 0.226 e. The van der Waals surface area contributed by atoms with E-state index in [0.717, 1.165) is 57.8 Å². The number of nitrogens with zero attached hydrogens (tertiary/aromatic N) is 4. The third-order valence-corrected chi connectivity index (χ3v) is 5.64. The molecule has 25 heavy (non-hydrogen) atoms. The molecule has 0 saturated carbocycles. The van der Waals surface area contributed by atoms with Crippen molar-refractivity contribution in [2.45, 2.75) is 65.8 Å². The predicted molar refractivity (Wildman–Crippen MR) is 95.9 cm³/mol. The zero-order valence-electron chi connectivity index (χ0n) is 16.0. The topological polar surface area (TPSA) is 62.5 Å². The fraction of sp³-hybridized carbons (Fsp3) is 0.842. The lowest BCUT2D eigenvalue weighted by atomic mass is 9.73. The Kier molecular flexibility index (Phi) is 5.77. The second kappa shape index (κ2) is 7.85. The molecule has 0 N–H and O–H groups in total. The normalized spacial score (nSPS) is 25.3. The molecule has 6 heteroatoms. The van der Waals surface area contributed by atoms with E-state index in [4.69, 9.17) is 4.52 Å². The van der Waals surface area contributed by atoms with Gasteiger partial charge in [0.2, 0.25) is 11.8 Å². The SMILES string of the molecule is CCc1nc(CN2CCCC3(CCC(=O)N(CCC(C)C)C3)C2)no1. The highest BCUT2D eigenvalue weighted by Gasteiger charge is 2.41. The molecule has 2 saturated heterocycles. The van der Waals surface area contributed by atoms with E-state index in [1.165, 1.54) is 12.8 Å². The van der Waals surface area contributed by atoms with Gasteiger partial charge >= 0.3 is 0 Å². The van der Waals surface area contributed by atoms with Gasteiger partial charge in [-0.3, -0.25) is 9.69 Å². The molecule has 0 radical (unpaired) electrons. The summed E-state index contributed by atoms with van der Waals surface area (Å²) in [6.45, 7) is 11.2. The molecule has 1 aromatic rings. The maximum atomic E-state index is 12.3. The zero-order valence-corrected chi connectivity index (χ0v) is 16.0. The molecule has 3 heterocycles. The third-order valence-electron chi connectivity index (χ3n) is 5.64. The van der Waals surface area contributed by atoms with Gasteiger partial charge in [0.25, 0.3) is 0 Å². The highest BCUT2D eigenvalue weighted by molar-refractivity contribution is 5.77. The fourth-order valence-electron chi connectivity index (χ4n) is 4.20. The standard InChI is InChI=1S/C19H32N4O2/c1-4-17-20-16(21-25-17)12-22-10-5-8-19(13-22)9-6-18(24)23(14-19)11-7-15(2)3/h15H,4-14H2,1-3H3. The maximum absolute atomic E-state index is 12.3. The van der Waals surface area contributed by atoms with Crippen LogP contribution in [0.1, 0.15) is 64.6 Å². The number of aromatic nitrogens is 2. The van der Waals surface area contributed by atoms with Crippen molar-refractivity contribution in [2.24, 2.45) is 11.3 Å². The van der Waals surface area contributed by atoms with Crippen LogP contribution in [0.15, 0.2) is 4.52 Å². The summed E-state index contributed by atoms with van der Waals surface area (Å²) in [5.41, 5.74) is 0.250. The molecule has 140 valence electrons. The number of piperidine rings is 2. The zero-order chi connectivity index (χ0) is 17.9. The average molecular weight is 348 g/mol. The molecular formula is C19H32N4O2. The lowest BCUT2D eigenvalue weighted by Crippen LogP contribution is -2.54. The van der Waals surface area contributed by atoms with Crippen LogP contribution in [0.2, 0.25) is 0 Å². The number of hydrogen-bond acceptors (Lipinski definition) is 5. The molecule has 1 atom stereocenters. The molecule has 1 spiro atoms. The van der Waals surface area contributed by atoms with Crippen LogP contribution in [0.25, 0.3) is 0 Å². The molecule has 0 aliphatic carbocycles. The molecule has 1 aromatic heterocycles. The van der Waals surface area contributed by atoms with Crippen molar-refractivity contribution in [3.05, 3.63) is 11.7 Å². The summed E-state index contributed by atoms with van der Waals surface area (Å²) in [7, 11) is 0. The van der Waals surface area contributed by atoms with Crippen LogP contribution in [0, 0.1) is 11.3 Å². The Morgan fingerprint density at radius 1 is 1.28 bits per heavy atom. The van der Waals surface area contributed by atoms with Crippen LogP contribution in [-0.2, 0) is 17.8 Å². The number of carbonyl (C=O) groups excluding carboxylic acids is 1. The summed E-state index contributed by atoms with van der Waals surface area (Å²) < 4.78 is 5.24. The van der Waals surface area contributed by atoms with Crippen molar-refractivity contribution in [2.75, 3.05) is 26.2 Å². The van der Waals surface area contributed by atoms with Gasteiger partial charge in [-0.2, -0.15) is 4.98 Å². The predicted octanol–water partition coefficient (Wildman–Crippen LogP) is 2.88. The summed E-state index contributed by atoms with van der Waals surface area (Å²) in [6.07, 6.45) is 6.01. The van der Waals surface area contributed by atoms with Crippen molar-refractivity contribution in [1.29, 1.82) is 0 Å². The molecule has 3 rings (SSSR count). The van der Waals surface area contributed by atoms with Crippen LogP contribution in [0.3, 0.4) is 0 Å². The van der Waals surface area contributed by atoms with E-state index in [1.807, 2.05) is 6.92 Å². The van der Waals surface area contributed by atoms with Gasteiger partial charge in [0.15, 0.2) is 5.82 Å². The van der Waals surface area contributed by atoms with E-state index in [1.54, 1.807) is 0 Å². The molecule has 2 fully saturated rings. The van der Waals surface area contributed by atoms with Crippen LogP contribution in [0.4, 0.5) is 0 Å². The minimum atomic E-state index is 0.250. The second-order valence-corrected chi connectivity index (χ2v) is 8.27. The van der Waals surface area contributed by atoms with Crippen LogP contribution < -0.4 is 0 Å². The molecule has 2 aliphatic heterocycles. The Labute approximate surface area is 150 Å². The van der Waals surface area contributed by atoms with E-state index < -0.39 is 0 Å². The van der Waals surface area contributed by atoms with Crippen LogP contribution in [-0.4, -0.2) is 52.0 Å². The summed E-state index contributed by atoms with van der Waals surface area (Å²) >= 11 is 0. The van der Waals surface area contributed by atoms with E-state index in [9.17, 15) is 4.79 Å². The van der Waals surface area contributed by atoms with Crippen LogP contribution >= 0.6 is 0 Å². The number of aryl methyl sites for hydroxylation is 1. The summed E-state index contributed by atoms with van der Waals surface area (Å²) in [4.78, 5) is 21.3. The average Bonchev–Trinajstić information content (AvgIpc) is 3.04. The van der Waals surface area contributed by atoms with Crippen molar-refractivity contribution < 1.29 is 9.32 Å². The first-order valence-electron chi connectivity index (χ1n) is 9.81. The van der Waals surface area contributed by atoms with Crippen molar-refractivity contribution in [3.63, 3.8) is 0 Å². The van der Waals surface area contributed by atoms with Gasteiger partial charge in [-0.15, -0.1) is 0 Å². The lowest BCUT2D eigenvalue weighted by Gasteiger charge is -2.48. The minimum absolute atomic E-state index is 0.250. The number of rotatable bonds is 6. The number of amides is 1. The monoisotopic (exact) mass is 348 g/mol. The van der Waals surface area contributed by atoms with Crippen molar-refractivity contribution in [3.8, 4) is 0 Å². The summed E-state index contributed by atoms with van der Waals surface area (Å²) in [5, 5.41) is 4.10. The van der Waals surface area contributed by atoms with Gasteiger partial charge in [0.05, 0.1) is 6.54 Å². The van der Waals surface area contributed by atoms with E-state index in [0.29, 0.717) is 24.1 Å². The molecule has 0 bridgehead atoms. The largest absolute Gasteiger partial charge is 0.342 e. The molecular weight excluding hydrogens is 316 g/mol. The Morgan fingerprint density at radius 3 is 2.84 bits per heavy atom. The van der Waals surface area contributed by atoms with Gasteiger partial charge in [-0.05, 0) is 38.1 Å². The Morgan fingerprint density at radius 2 is 2.12 bits per heavy atom. The van der Waals surface area contributed by atoms with Gasteiger partial charge in [-0.25, -0.2) is 0 Å². The number of likely N-dealkylation sites (tertiary alicyclic amines) is 2. The first-order chi connectivity index (χ1) is 12.0. The van der Waals surface area contributed by atoms with Crippen molar-refractivity contribution in [1.82, 2.24) is 19.9 Å². The highest BCUT2D eigenvalue weighted by atomic mass is 16.5. The van der Waals surface area contributed by atoms with E-state index >= 15 is 0 Å². The highest BCUT2D eigenvalue weighted by Crippen LogP contribution is 2.39. The number of carbonyl (C=O) groups is 1. The second-order valence-electron chi connectivity index (χ2n) is 8.27. The van der Waals surface area contributed by atoms with Crippen LogP contribution in [0.5, 0.6) is 0 Å². The fourth-order valence-corrected chi connectivity index (χ4v) is 4.20. The first kappa shape index (κ1) is 18.4. The van der Waals surface area contributed by atoms with Gasteiger partial charge in [0.1, 0.15) is 0 Å². The molecule has 1 unspecified atom stereocenters. The molecule has 0 aromatic carbocycles.